The number of hydrogen-bond donors (Lipinski definition) is 1. The fraction of sp³-hybridized carbons (Fsp3) is 0.192. The minimum Gasteiger partial charge on any atom is -0.487 e. The van der Waals surface area contributed by atoms with Gasteiger partial charge in [0.1, 0.15) is 12.4 Å². The largest absolute Gasteiger partial charge is 0.487 e. The lowest BCUT2D eigenvalue weighted by atomic mass is 10.0. The van der Waals surface area contributed by atoms with Gasteiger partial charge in [-0.25, -0.2) is 0 Å². The quantitative estimate of drug-likeness (QED) is 0.425. The van der Waals surface area contributed by atoms with Gasteiger partial charge in [0.2, 0.25) is 0 Å². The summed E-state index contributed by atoms with van der Waals surface area (Å²) in [6, 6.07) is 22.8. The lowest BCUT2D eigenvalue weighted by Gasteiger charge is -2.31. The van der Waals surface area contributed by atoms with Gasteiger partial charge < -0.3 is 4.74 Å². The Hall–Kier alpha value is -3.24. The van der Waals surface area contributed by atoms with Crippen LogP contribution in [0.25, 0.3) is 11.1 Å². The summed E-state index contributed by atoms with van der Waals surface area (Å²) < 4.78 is 6.13. The molecule has 0 atom stereocenters. The van der Waals surface area contributed by atoms with Gasteiger partial charge >= 0.3 is 0 Å². The van der Waals surface area contributed by atoms with Crippen molar-refractivity contribution in [2.24, 2.45) is 0 Å². The summed E-state index contributed by atoms with van der Waals surface area (Å²) in [6.07, 6.45) is 0. The zero-order chi connectivity index (χ0) is 22.4. The number of rotatable bonds is 8. The van der Waals surface area contributed by atoms with Crippen LogP contribution in [0, 0.1) is 6.92 Å². The minimum atomic E-state index is -0.187. The van der Waals surface area contributed by atoms with E-state index in [1.165, 1.54) is 0 Å². The van der Waals surface area contributed by atoms with Crippen molar-refractivity contribution in [3.8, 4) is 16.9 Å². The van der Waals surface area contributed by atoms with E-state index in [4.69, 9.17) is 16.3 Å². The summed E-state index contributed by atoms with van der Waals surface area (Å²) in [5, 5.41) is 2.43. The molecule has 0 heterocycles. The predicted molar refractivity (Wildman–Crippen MR) is 127 cm³/mol. The molecular weight excluding hydrogens is 408 g/mol. The number of aryl methyl sites for hydroxylation is 1. The highest BCUT2D eigenvalue weighted by Gasteiger charge is 2.17. The third-order valence-electron chi connectivity index (χ3n) is 4.80. The summed E-state index contributed by atoms with van der Waals surface area (Å²) >= 11 is 6.04. The topological polar surface area (TPSA) is 41.6 Å². The maximum atomic E-state index is 12.6. The fourth-order valence-electron chi connectivity index (χ4n) is 3.19. The van der Waals surface area contributed by atoms with Crippen LogP contribution < -0.4 is 10.2 Å². The number of carbonyl (C=O) groups is 1. The summed E-state index contributed by atoms with van der Waals surface area (Å²) in [5.41, 5.74) is 7.31. The van der Waals surface area contributed by atoms with Gasteiger partial charge in [0.05, 0.1) is 5.70 Å². The molecule has 1 amide bonds. The van der Waals surface area contributed by atoms with E-state index in [2.05, 4.69) is 18.1 Å². The average molecular weight is 435 g/mol. The van der Waals surface area contributed by atoms with Crippen molar-refractivity contribution >= 4 is 17.5 Å². The Morgan fingerprint density at radius 2 is 1.74 bits per heavy atom. The van der Waals surface area contributed by atoms with Crippen LogP contribution in [0.3, 0.4) is 0 Å². The molecule has 0 saturated carbocycles. The first kappa shape index (κ1) is 22.4. The molecule has 0 bridgehead atoms. The average Bonchev–Trinajstić information content (AvgIpc) is 2.77. The van der Waals surface area contributed by atoms with Crippen molar-refractivity contribution < 1.29 is 9.53 Å². The maximum Gasteiger partial charge on any atom is 0.269 e. The second kappa shape index (κ2) is 10.2. The molecule has 3 aromatic carbocycles. The molecule has 0 fully saturated rings. The fourth-order valence-corrected chi connectivity index (χ4v) is 3.32. The number of halogens is 1. The molecule has 160 valence electrons. The first-order chi connectivity index (χ1) is 14.8. The summed E-state index contributed by atoms with van der Waals surface area (Å²) in [6.45, 7) is 10.4. The van der Waals surface area contributed by atoms with E-state index in [0.717, 1.165) is 22.4 Å². The molecule has 1 N–H and O–H groups in total. The van der Waals surface area contributed by atoms with Crippen LogP contribution >= 0.6 is 11.6 Å². The molecule has 31 heavy (non-hydrogen) atoms. The molecular formula is C26H27ClN2O2. The van der Waals surface area contributed by atoms with Crippen molar-refractivity contribution in [2.75, 3.05) is 6.61 Å². The Bertz CT molecular complexity index is 1050. The van der Waals surface area contributed by atoms with Crippen LogP contribution in [0.5, 0.6) is 5.75 Å². The van der Waals surface area contributed by atoms with Gasteiger partial charge in [-0.15, -0.1) is 0 Å². The van der Waals surface area contributed by atoms with Crippen LogP contribution in [-0.4, -0.2) is 23.6 Å². The monoisotopic (exact) mass is 434 g/mol. The molecule has 3 rings (SSSR count). The summed E-state index contributed by atoms with van der Waals surface area (Å²) in [4.78, 5) is 12.6. The normalized spacial score (nSPS) is 10.6. The second-order valence-corrected chi connectivity index (χ2v) is 8.07. The van der Waals surface area contributed by atoms with E-state index < -0.39 is 0 Å². The first-order valence-corrected chi connectivity index (χ1v) is 10.6. The maximum absolute atomic E-state index is 12.6. The molecule has 0 aliphatic heterocycles. The molecule has 0 radical (unpaired) electrons. The van der Waals surface area contributed by atoms with Crippen molar-refractivity contribution in [3.05, 3.63) is 101 Å². The predicted octanol–water partition coefficient (Wildman–Crippen LogP) is 6.26. The molecule has 4 nitrogen and oxygen atoms in total. The van der Waals surface area contributed by atoms with Crippen LogP contribution in [-0.2, 0) is 0 Å². The Morgan fingerprint density at radius 1 is 1.06 bits per heavy atom. The lowest BCUT2D eigenvalue weighted by Crippen LogP contribution is -2.46. The molecule has 0 aliphatic rings. The van der Waals surface area contributed by atoms with Gasteiger partial charge in [-0.05, 0) is 62.7 Å². The number of benzene rings is 3. The van der Waals surface area contributed by atoms with Crippen molar-refractivity contribution in [1.82, 2.24) is 10.4 Å². The number of hydrogen-bond acceptors (Lipinski definition) is 3. The smallest absolute Gasteiger partial charge is 0.269 e. The number of amides is 1. The van der Waals surface area contributed by atoms with Gasteiger partial charge in [-0.3, -0.25) is 15.2 Å². The SMILES string of the molecule is C=C(COc1ccc(C)cc1-c1ccc(Cl)cc1)N(NC(=O)c1ccccc1)C(C)C. The standard InChI is InChI=1S/C26H27ClN2O2/c1-18(2)29(28-26(30)22-8-6-5-7-9-22)20(4)17-31-25-15-10-19(3)16-24(25)21-11-13-23(27)14-12-21/h5-16,18H,4,17H2,1-3H3,(H,28,30). The third-order valence-corrected chi connectivity index (χ3v) is 5.05. The van der Waals surface area contributed by atoms with Crippen LogP contribution in [0.1, 0.15) is 29.8 Å². The van der Waals surface area contributed by atoms with Crippen molar-refractivity contribution in [2.45, 2.75) is 26.8 Å². The van der Waals surface area contributed by atoms with E-state index in [-0.39, 0.29) is 18.6 Å². The number of carbonyl (C=O) groups excluding carboxylic acids is 1. The zero-order valence-corrected chi connectivity index (χ0v) is 18.8. The van der Waals surface area contributed by atoms with Crippen molar-refractivity contribution in [3.63, 3.8) is 0 Å². The summed E-state index contributed by atoms with van der Waals surface area (Å²) in [7, 11) is 0. The van der Waals surface area contributed by atoms with E-state index in [0.29, 0.717) is 16.3 Å². The van der Waals surface area contributed by atoms with Gasteiger partial charge in [0.15, 0.2) is 0 Å². The first-order valence-electron chi connectivity index (χ1n) is 10.2. The molecule has 0 unspecified atom stereocenters. The number of hydrazine groups is 1. The lowest BCUT2D eigenvalue weighted by molar-refractivity contribution is 0.0778. The molecule has 5 heteroatoms. The molecule has 0 aromatic heterocycles. The number of nitrogens with one attached hydrogen (secondary N) is 1. The molecule has 0 spiro atoms. The van der Waals surface area contributed by atoms with E-state index in [1.807, 2.05) is 75.4 Å². The Balaban J connectivity index is 1.74. The second-order valence-electron chi connectivity index (χ2n) is 7.63. The van der Waals surface area contributed by atoms with Gasteiger partial charge in [-0.1, -0.05) is 60.1 Å². The van der Waals surface area contributed by atoms with Crippen molar-refractivity contribution in [1.29, 1.82) is 0 Å². The van der Waals surface area contributed by atoms with Gasteiger partial charge in [-0.2, -0.15) is 0 Å². The molecule has 3 aromatic rings. The Morgan fingerprint density at radius 3 is 2.39 bits per heavy atom. The summed E-state index contributed by atoms with van der Waals surface area (Å²) in [5.74, 6) is 0.555. The van der Waals surface area contributed by atoms with E-state index in [1.54, 1.807) is 17.1 Å². The third kappa shape index (κ3) is 5.89. The van der Waals surface area contributed by atoms with Gasteiger partial charge in [0.25, 0.3) is 5.91 Å². The number of nitrogens with zero attached hydrogens (tertiary/aromatic N) is 1. The van der Waals surface area contributed by atoms with E-state index >= 15 is 0 Å². The molecule has 0 aliphatic carbocycles. The highest BCUT2D eigenvalue weighted by molar-refractivity contribution is 6.30. The van der Waals surface area contributed by atoms with E-state index in [9.17, 15) is 4.79 Å². The van der Waals surface area contributed by atoms with Gasteiger partial charge in [0, 0.05) is 22.2 Å². The minimum absolute atomic E-state index is 0.0116. The Labute approximate surface area is 189 Å². The van der Waals surface area contributed by atoms with Crippen LogP contribution in [0.15, 0.2) is 85.1 Å². The zero-order valence-electron chi connectivity index (χ0n) is 18.1. The van der Waals surface area contributed by atoms with Crippen LogP contribution in [0.4, 0.5) is 0 Å². The highest BCUT2D eigenvalue weighted by atomic mass is 35.5. The number of ether oxygens (including phenoxy) is 1. The van der Waals surface area contributed by atoms with Crippen LogP contribution in [0.2, 0.25) is 5.02 Å². The molecule has 0 saturated heterocycles. The highest BCUT2D eigenvalue weighted by Crippen LogP contribution is 2.32. The Kier molecular flexibility index (Phi) is 7.37.